The van der Waals surface area contributed by atoms with Crippen LogP contribution in [0.15, 0.2) is 34.1 Å². The highest BCUT2D eigenvalue weighted by molar-refractivity contribution is 9.10. The van der Waals surface area contributed by atoms with Crippen molar-refractivity contribution in [2.75, 3.05) is 24.3 Å². The number of halogens is 2. The molecule has 96 valence electrons. The van der Waals surface area contributed by atoms with Crippen LogP contribution in [0.2, 0.25) is 5.02 Å². The topological polar surface area (TPSA) is 15.3 Å². The van der Waals surface area contributed by atoms with Crippen LogP contribution in [0, 0.1) is 0 Å². The van der Waals surface area contributed by atoms with Gasteiger partial charge >= 0.3 is 0 Å². The highest BCUT2D eigenvalue weighted by atomic mass is 79.9. The number of hydrogen-bond acceptors (Lipinski definition) is 3. The van der Waals surface area contributed by atoms with Gasteiger partial charge in [0.2, 0.25) is 0 Å². The van der Waals surface area contributed by atoms with Crippen LogP contribution in [-0.2, 0) is 6.54 Å². The van der Waals surface area contributed by atoms with Crippen LogP contribution in [-0.4, -0.2) is 14.1 Å². The zero-order valence-electron chi connectivity index (χ0n) is 10.2. The molecule has 0 atom stereocenters. The largest absolute Gasteiger partial charge is 0.378 e. The first-order chi connectivity index (χ1) is 8.56. The highest BCUT2D eigenvalue weighted by Crippen LogP contribution is 2.29. The van der Waals surface area contributed by atoms with E-state index in [1.165, 1.54) is 10.6 Å². The van der Waals surface area contributed by atoms with E-state index in [9.17, 15) is 0 Å². The number of nitrogens with zero attached hydrogens (tertiary/aromatic N) is 1. The van der Waals surface area contributed by atoms with Gasteiger partial charge in [0.15, 0.2) is 0 Å². The fraction of sp³-hybridized carbons (Fsp3) is 0.231. The summed E-state index contributed by atoms with van der Waals surface area (Å²) in [7, 11) is 4.08. The van der Waals surface area contributed by atoms with E-state index in [0.717, 1.165) is 21.7 Å². The Morgan fingerprint density at radius 1 is 1.33 bits per heavy atom. The van der Waals surface area contributed by atoms with Gasteiger partial charge in [-0.05, 0) is 24.3 Å². The predicted molar refractivity (Wildman–Crippen MR) is 85.1 cm³/mol. The third-order valence-corrected chi connectivity index (χ3v) is 4.29. The summed E-state index contributed by atoms with van der Waals surface area (Å²) in [5, 5.41) is 6.20. The van der Waals surface area contributed by atoms with E-state index in [4.69, 9.17) is 11.6 Å². The summed E-state index contributed by atoms with van der Waals surface area (Å²) in [5.74, 6) is 0. The first kappa shape index (κ1) is 13.7. The van der Waals surface area contributed by atoms with Crippen LogP contribution in [0.25, 0.3) is 0 Å². The molecule has 1 N–H and O–H groups in total. The normalized spacial score (nSPS) is 10.4. The molecule has 0 unspecified atom stereocenters. The molecule has 18 heavy (non-hydrogen) atoms. The lowest BCUT2D eigenvalue weighted by molar-refractivity contribution is 1.11. The van der Waals surface area contributed by atoms with Crippen molar-refractivity contribution >= 4 is 50.2 Å². The Labute approximate surface area is 125 Å². The second-order valence-corrected chi connectivity index (χ2v) is 6.49. The Bertz CT molecular complexity index is 540. The molecule has 0 aliphatic carbocycles. The first-order valence-corrected chi connectivity index (χ1v) is 7.55. The maximum atomic E-state index is 5.92. The van der Waals surface area contributed by atoms with Crippen LogP contribution in [0.3, 0.4) is 0 Å². The number of benzene rings is 1. The maximum Gasteiger partial charge on any atom is 0.0597 e. The first-order valence-electron chi connectivity index (χ1n) is 5.50. The molecule has 0 spiro atoms. The molecule has 2 rings (SSSR count). The third-order valence-electron chi connectivity index (χ3n) is 2.52. The molecule has 1 aromatic heterocycles. The number of nitrogens with one attached hydrogen (secondary N) is 1. The monoisotopic (exact) mass is 344 g/mol. The average Bonchev–Trinajstić information content (AvgIpc) is 2.72. The van der Waals surface area contributed by atoms with E-state index in [1.54, 1.807) is 11.3 Å². The lowest BCUT2D eigenvalue weighted by atomic mass is 10.2. The van der Waals surface area contributed by atoms with E-state index in [-0.39, 0.29) is 0 Å². The molecule has 0 amide bonds. The van der Waals surface area contributed by atoms with E-state index in [1.807, 2.05) is 31.6 Å². The minimum atomic E-state index is 0.786. The second kappa shape index (κ2) is 5.95. The number of rotatable bonds is 4. The molecule has 1 heterocycles. The summed E-state index contributed by atoms with van der Waals surface area (Å²) >= 11 is 11.1. The summed E-state index contributed by atoms with van der Waals surface area (Å²) in [4.78, 5) is 3.32. The molecule has 2 aromatic rings. The van der Waals surface area contributed by atoms with Gasteiger partial charge in [-0.25, -0.2) is 0 Å². The molecule has 2 nitrogen and oxygen atoms in total. The zero-order chi connectivity index (χ0) is 13.1. The summed E-state index contributed by atoms with van der Waals surface area (Å²) < 4.78 is 1.07. The minimum absolute atomic E-state index is 0.786. The van der Waals surface area contributed by atoms with Crippen molar-refractivity contribution in [3.05, 3.63) is 44.0 Å². The van der Waals surface area contributed by atoms with E-state index < -0.39 is 0 Å². The smallest absolute Gasteiger partial charge is 0.0597 e. The second-order valence-electron chi connectivity index (χ2n) is 4.14. The van der Waals surface area contributed by atoms with E-state index in [0.29, 0.717) is 0 Å². The third kappa shape index (κ3) is 3.40. The Morgan fingerprint density at radius 3 is 2.72 bits per heavy atom. The Hall–Kier alpha value is -0.710. The molecule has 1 aromatic carbocycles. The summed E-state index contributed by atoms with van der Waals surface area (Å²) in [5.41, 5.74) is 2.28. The molecule has 0 saturated heterocycles. The molecule has 0 bridgehead atoms. The lowest BCUT2D eigenvalue weighted by Gasteiger charge is -2.18. The number of thiophene rings is 1. The van der Waals surface area contributed by atoms with E-state index in [2.05, 4.69) is 38.3 Å². The fourth-order valence-electron chi connectivity index (χ4n) is 1.67. The summed E-state index contributed by atoms with van der Waals surface area (Å²) in [6, 6.07) is 8.22. The van der Waals surface area contributed by atoms with Crippen molar-refractivity contribution in [1.82, 2.24) is 0 Å². The van der Waals surface area contributed by atoms with Crippen molar-refractivity contribution in [2.24, 2.45) is 0 Å². The van der Waals surface area contributed by atoms with Gasteiger partial charge in [0.05, 0.1) is 16.4 Å². The Morgan fingerprint density at radius 2 is 2.11 bits per heavy atom. The Balaban J connectivity index is 2.15. The van der Waals surface area contributed by atoms with Gasteiger partial charge in [-0.1, -0.05) is 27.5 Å². The molecule has 0 fully saturated rings. The molecule has 0 saturated carbocycles. The van der Waals surface area contributed by atoms with Gasteiger partial charge in [-0.2, -0.15) is 0 Å². The van der Waals surface area contributed by atoms with Crippen molar-refractivity contribution in [3.8, 4) is 0 Å². The van der Waals surface area contributed by atoms with Crippen LogP contribution < -0.4 is 10.2 Å². The van der Waals surface area contributed by atoms with Crippen LogP contribution >= 0.6 is 38.9 Å². The van der Waals surface area contributed by atoms with Crippen molar-refractivity contribution in [3.63, 3.8) is 0 Å². The quantitative estimate of drug-likeness (QED) is 0.852. The zero-order valence-corrected chi connectivity index (χ0v) is 13.4. The van der Waals surface area contributed by atoms with Crippen LogP contribution in [0.5, 0.6) is 0 Å². The predicted octanol–water partition coefficient (Wildman–Crippen LogP) is 4.84. The van der Waals surface area contributed by atoms with Gasteiger partial charge in [-0.3, -0.25) is 0 Å². The number of anilines is 2. The van der Waals surface area contributed by atoms with Gasteiger partial charge in [0.25, 0.3) is 0 Å². The number of hydrogen-bond donors (Lipinski definition) is 1. The molecule has 5 heteroatoms. The SMILES string of the molecule is CN(C)c1ccc(Br)cc1NCc1cc(Cl)cs1. The molecule has 0 radical (unpaired) electrons. The van der Waals surface area contributed by atoms with Gasteiger partial charge in [0, 0.05) is 35.4 Å². The van der Waals surface area contributed by atoms with Crippen LogP contribution in [0.4, 0.5) is 11.4 Å². The van der Waals surface area contributed by atoms with Gasteiger partial charge in [0.1, 0.15) is 0 Å². The van der Waals surface area contributed by atoms with Gasteiger partial charge in [-0.15, -0.1) is 11.3 Å². The highest BCUT2D eigenvalue weighted by Gasteiger charge is 2.06. The molecular weight excluding hydrogens is 332 g/mol. The average molecular weight is 346 g/mol. The maximum absolute atomic E-state index is 5.92. The minimum Gasteiger partial charge on any atom is -0.378 e. The van der Waals surface area contributed by atoms with Crippen molar-refractivity contribution in [1.29, 1.82) is 0 Å². The fourth-order valence-corrected chi connectivity index (χ4v) is 3.04. The summed E-state index contributed by atoms with van der Waals surface area (Å²) in [6.07, 6.45) is 0. The van der Waals surface area contributed by atoms with E-state index >= 15 is 0 Å². The van der Waals surface area contributed by atoms with Gasteiger partial charge < -0.3 is 10.2 Å². The Kier molecular flexibility index (Phi) is 4.54. The van der Waals surface area contributed by atoms with Crippen molar-refractivity contribution < 1.29 is 0 Å². The molecule has 0 aliphatic heterocycles. The standard InChI is InChI=1S/C13H14BrClN2S/c1-17(2)13-4-3-9(14)5-12(13)16-7-11-6-10(15)8-18-11/h3-6,8,16H,7H2,1-2H3. The van der Waals surface area contributed by atoms with Crippen molar-refractivity contribution in [2.45, 2.75) is 6.54 Å². The summed E-state index contributed by atoms with van der Waals surface area (Å²) in [6.45, 7) is 0.786. The molecule has 0 aliphatic rings. The molecular formula is C13H14BrClN2S. The lowest BCUT2D eigenvalue weighted by Crippen LogP contribution is -2.12. The van der Waals surface area contributed by atoms with Crippen LogP contribution in [0.1, 0.15) is 4.88 Å².